The Kier molecular flexibility index (Phi) is 3.55. The Morgan fingerprint density at radius 2 is 2.27 bits per heavy atom. The molecular formula is C12H14Cl2O. The molecule has 1 fully saturated rings. The Morgan fingerprint density at radius 3 is 2.93 bits per heavy atom. The highest BCUT2D eigenvalue weighted by molar-refractivity contribution is 6.30. The number of alkyl halides is 1. The molecule has 82 valence electrons. The van der Waals surface area contributed by atoms with Crippen molar-refractivity contribution in [3.05, 3.63) is 34.3 Å². The van der Waals surface area contributed by atoms with E-state index in [0.29, 0.717) is 11.8 Å². The minimum atomic E-state index is 0.153. The molecule has 1 aromatic rings. The van der Waals surface area contributed by atoms with Crippen LogP contribution in [0.3, 0.4) is 0 Å². The standard InChI is InChI=1S/C12H14Cl2O/c1-8-6-10(14)2-3-11(8)12-9(7-13)4-5-15-12/h2-3,6,9,12H,4-5,7H2,1H3. The van der Waals surface area contributed by atoms with Crippen LogP contribution in [-0.4, -0.2) is 12.5 Å². The summed E-state index contributed by atoms with van der Waals surface area (Å²) in [5.74, 6) is 1.10. The molecule has 2 unspecified atom stereocenters. The average Bonchev–Trinajstić information content (AvgIpc) is 2.65. The Morgan fingerprint density at radius 1 is 1.47 bits per heavy atom. The second-order valence-corrected chi connectivity index (χ2v) is 4.74. The van der Waals surface area contributed by atoms with Crippen molar-refractivity contribution in [2.45, 2.75) is 19.4 Å². The summed E-state index contributed by atoms with van der Waals surface area (Å²) >= 11 is 11.9. The van der Waals surface area contributed by atoms with Crippen LogP contribution in [0.4, 0.5) is 0 Å². The van der Waals surface area contributed by atoms with Crippen molar-refractivity contribution < 1.29 is 4.74 Å². The second-order valence-electron chi connectivity index (χ2n) is 4.00. The minimum absolute atomic E-state index is 0.153. The van der Waals surface area contributed by atoms with Gasteiger partial charge in [-0.25, -0.2) is 0 Å². The van der Waals surface area contributed by atoms with Gasteiger partial charge < -0.3 is 4.74 Å². The van der Waals surface area contributed by atoms with Gasteiger partial charge in [0.05, 0.1) is 6.10 Å². The van der Waals surface area contributed by atoms with E-state index in [-0.39, 0.29) is 6.10 Å². The van der Waals surface area contributed by atoms with Crippen molar-refractivity contribution >= 4 is 23.2 Å². The lowest BCUT2D eigenvalue weighted by atomic mass is 9.94. The van der Waals surface area contributed by atoms with E-state index in [0.717, 1.165) is 18.1 Å². The van der Waals surface area contributed by atoms with Crippen LogP contribution in [-0.2, 0) is 4.74 Å². The van der Waals surface area contributed by atoms with Gasteiger partial charge in [-0.15, -0.1) is 11.6 Å². The smallest absolute Gasteiger partial charge is 0.0867 e. The van der Waals surface area contributed by atoms with E-state index in [1.165, 1.54) is 11.1 Å². The number of hydrogen-bond donors (Lipinski definition) is 0. The maximum atomic E-state index is 5.93. The van der Waals surface area contributed by atoms with Crippen LogP contribution < -0.4 is 0 Å². The van der Waals surface area contributed by atoms with Crippen molar-refractivity contribution in [3.8, 4) is 0 Å². The molecule has 1 nitrogen and oxygen atoms in total. The molecule has 1 aromatic carbocycles. The average molecular weight is 245 g/mol. The SMILES string of the molecule is Cc1cc(Cl)ccc1C1OCCC1CCl. The third-order valence-electron chi connectivity index (χ3n) is 2.95. The summed E-state index contributed by atoms with van der Waals surface area (Å²) in [6.45, 7) is 2.87. The van der Waals surface area contributed by atoms with E-state index in [2.05, 4.69) is 6.92 Å². The molecule has 0 spiro atoms. The second kappa shape index (κ2) is 4.73. The van der Waals surface area contributed by atoms with Gasteiger partial charge in [0, 0.05) is 23.4 Å². The topological polar surface area (TPSA) is 9.23 Å². The van der Waals surface area contributed by atoms with Crippen LogP contribution in [0.25, 0.3) is 0 Å². The molecule has 1 heterocycles. The number of aryl methyl sites for hydroxylation is 1. The summed E-state index contributed by atoms with van der Waals surface area (Å²) in [6.07, 6.45) is 1.20. The van der Waals surface area contributed by atoms with E-state index in [4.69, 9.17) is 27.9 Å². The zero-order valence-electron chi connectivity index (χ0n) is 8.67. The van der Waals surface area contributed by atoms with Crippen molar-refractivity contribution in [1.29, 1.82) is 0 Å². The maximum absolute atomic E-state index is 5.93. The first-order chi connectivity index (χ1) is 7.22. The molecule has 0 amide bonds. The fourth-order valence-corrected chi connectivity index (χ4v) is 2.64. The molecule has 15 heavy (non-hydrogen) atoms. The number of benzene rings is 1. The van der Waals surface area contributed by atoms with Gasteiger partial charge in [-0.1, -0.05) is 17.7 Å². The predicted molar refractivity (Wildman–Crippen MR) is 63.7 cm³/mol. The van der Waals surface area contributed by atoms with Gasteiger partial charge in [-0.05, 0) is 36.6 Å². The number of hydrogen-bond acceptors (Lipinski definition) is 1. The zero-order chi connectivity index (χ0) is 10.8. The van der Waals surface area contributed by atoms with Crippen molar-refractivity contribution in [2.75, 3.05) is 12.5 Å². The Hall–Kier alpha value is -0.240. The predicted octanol–water partition coefficient (Wildman–Crippen LogP) is 3.96. The fourth-order valence-electron chi connectivity index (χ4n) is 2.09. The van der Waals surface area contributed by atoms with Gasteiger partial charge >= 0.3 is 0 Å². The molecule has 0 N–H and O–H groups in total. The maximum Gasteiger partial charge on any atom is 0.0867 e. The third kappa shape index (κ3) is 2.30. The van der Waals surface area contributed by atoms with Crippen LogP contribution in [0.15, 0.2) is 18.2 Å². The molecule has 0 aliphatic carbocycles. The van der Waals surface area contributed by atoms with Gasteiger partial charge in [-0.3, -0.25) is 0 Å². The molecule has 1 aliphatic heterocycles. The first kappa shape index (κ1) is 11.3. The van der Waals surface area contributed by atoms with Crippen LogP contribution in [0.2, 0.25) is 5.02 Å². The largest absolute Gasteiger partial charge is 0.373 e. The first-order valence-corrected chi connectivity index (χ1v) is 6.07. The van der Waals surface area contributed by atoms with Gasteiger partial charge in [-0.2, -0.15) is 0 Å². The van der Waals surface area contributed by atoms with E-state index < -0.39 is 0 Å². The van der Waals surface area contributed by atoms with Crippen molar-refractivity contribution in [2.24, 2.45) is 5.92 Å². The Balaban J connectivity index is 2.28. The summed E-state index contributed by atoms with van der Waals surface area (Å²) in [7, 11) is 0. The zero-order valence-corrected chi connectivity index (χ0v) is 10.2. The molecule has 1 aliphatic rings. The summed E-state index contributed by atoms with van der Waals surface area (Å²) in [4.78, 5) is 0. The quantitative estimate of drug-likeness (QED) is 0.716. The fraction of sp³-hybridized carbons (Fsp3) is 0.500. The summed E-state index contributed by atoms with van der Waals surface area (Å²) < 4.78 is 5.74. The lowest BCUT2D eigenvalue weighted by molar-refractivity contribution is 0.0947. The normalized spacial score (nSPS) is 25.8. The van der Waals surface area contributed by atoms with Crippen molar-refractivity contribution in [1.82, 2.24) is 0 Å². The third-order valence-corrected chi connectivity index (χ3v) is 3.58. The van der Waals surface area contributed by atoms with Crippen LogP contribution in [0, 0.1) is 12.8 Å². The Bertz CT molecular complexity index is 351. The molecule has 3 heteroatoms. The molecule has 0 bridgehead atoms. The molecule has 0 saturated carbocycles. The highest BCUT2D eigenvalue weighted by Crippen LogP contribution is 2.37. The van der Waals surface area contributed by atoms with Gasteiger partial charge in [0.1, 0.15) is 0 Å². The van der Waals surface area contributed by atoms with Crippen LogP contribution in [0.5, 0.6) is 0 Å². The molecule has 0 radical (unpaired) electrons. The van der Waals surface area contributed by atoms with E-state index in [1.54, 1.807) is 0 Å². The van der Waals surface area contributed by atoms with E-state index in [9.17, 15) is 0 Å². The first-order valence-electron chi connectivity index (χ1n) is 5.16. The van der Waals surface area contributed by atoms with E-state index >= 15 is 0 Å². The molecule has 0 aromatic heterocycles. The summed E-state index contributed by atoms with van der Waals surface area (Å²) in [5, 5.41) is 0.775. The lowest BCUT2D eigenvalue weighted by Gasteiger charge is -2.18. The number of ether oxygens (including phenoxy) is 1. The van der Waals surface area contributed by atoms with Crippen molar-refractivity contribution in [3.63, 3.8) is 0 Å². The van der Waals surface area contributed by atoms with Gasteiger partial charge in [0.2, 0.25) is 0 Å². The minimum Gasteiger partial charge on any atom is -0.373 e. The molecular weight excluding hydrogens is 231 g/mol. The van der Waals surface area contributed by atoms with Crippen LogP contribution >= 0.6 is 23.2 Å². The summed E-state index contributed by atoms with van der Waals surface area (Å²) in [6, 6.07) is 5.94. The molecule has 1 saturated heterocycles. The van der Waals surface area contributed by atoms with Gasteiger partial charge in [0.25, 0.3) is 0 Å². The van der Waals surface area contributed by atoms with E-state index in [1.807, 2.05) is 18.2 Å². The number of halogens is 2. The van der Waals surface area contributed by atoms with Crippen LogP contribution in [0.1, 0.15) is 23.7 Å². The highest BCUT2D eigenvalue weighted by Gasteiger charge is 2.29. The lowest BCUT2D eigenvalue weighted by Crippen LogP contribution is -2.10. The van der Waals surface area contributed by atoms with Gasteiger partial charge in [0.15, 0.2) is 0 Å². The monoisotopic (exact) mass is 244 g/mol. The number of rotatable bonds is 2. The summed E-state index contributed by atoms with van der Waals surface area (Å²) in [5.41, 5.74) is 2.41. The highest BCUT2D eigenvalue weighted by atomic mass is 35.5. The Labute approximate surface area is 100 Å². The molecule has 2 rings (SSSR count). The molecule has 2 atom stereocenters.